The van der Waals surface area contributed by atoms with Gasteiger partial charge in [0.2, 0.25) is 5.91 Å². The van der Waals surface area contributed by atoms with Crippen LogP contribution in [0.5, 0.6) is 0 Å². The van der Waals surface area contributed by atoms with Crippen LogP contribution in [-0.2, 0) is 4.79 Å². The summed E-state index contributed by atoms with van der Waals surface area (Å²) >= 11 is 0. The SMILES string of the molecule is CC(=O)NC1CCN(CC(=O)c2c(C)cc(C)cc2C)C1. The molecule has 1 aromatic rings. The zero-order valence-corrected chi connectivity index (χ0v) is 13.3. The Labute approximate surface area is 126 Å². The standard InChI is InChI=1S/C17H24N2O2/c1-11-7-12(2)17(13(3)8-11)16(21)10-19-6-5-15(9-19)18-14(4)20/h7-8,15H,5-6,9-10H2,1-4H3,(H,18,20). The maximum atomic E-state index is 12.6. The Hall–Kier alpha value is -1.68. The molecule has 0 radical (unpaired) electrons. The molecule has 1 aliphatic rings. The maximum absolute atomic E-state index is 12.6. The van der Waals surface area contributed by atoms with Gasteiger partial charge in [0.1, 0.15) is 0 Å². The number of Topliss-reactive ketones (excluding diaryl/α,β-unsaturated/α-hetero) is 1. The van der Waals surface area contributed by atoms with Gasteiger partial charge < -0.3 is 5.32 Å². The van der Waals surface area contributed by atoms with Crippen molar-refractivity contribution in [2.75, 3.05) is 19.6 Å². The number of nitrogens with zero attached hydrogens (tertiary/aromatic N) is 1. The summed E-state index contributed by atoms with van der Waals surface area (Å²) in [7, 11) is 0. The Balaban J connectivity index is 2.01. The van der Waals surface area contributed by atoms with Crippen molar-refractivity contribution in [3.63, 3.8) is 0 Å². The molecule has 1 aromatic carbocycles. The molecule has 1 saturated heterocycles. The smallest absolute Gasteiger partial charge is 0.217 e. The van der Waals surface area contributed by atoms with Gasteiger partial charge in [0.05, 0.1) is 6.54 Å². The Morgan fingerprint density at radius 3 is 2.43 bits per heavy atom. The molecule has 0 saturated carbocycles. The fourth-order valence-corrected chi connectivity index (χ4v) is 3.28. The number of benzene rings is 1. The predicted octanol–water partition coefficient (Wildman–Crippen LogP) is 2.00. The highest BCUT2D eigenvalue weighted by Crippen LogP contribution is 2.18. The molecule has 1 aliphatic heterocycles. The first-order valence-corrected chi connectivity index (χ1v) is 7.47. The summed E-state index contributed by atoms with van der Waals surface area (Å²) in [6.45, 7) is 9.63. The summed E-state index contributed by atoms with van der Waals surface area (Å²) in [6, 6.07) is 4.30. The number of amides is 1. The highest BCUT2D eigenvalue weighted by Gasteiger charge is 2.25. The van der Waals surface area contributed by atoms with Crippen LogP contribution in [0.15, 0.2) is 12.1 Å². The molecular weight excluding hydrogens is 264 g/mol. The van der Waals surface area contributed by atoms with E-state index in [2.05, 4.69) is 22.3 Å². The lowest BCUT2D eigenvalue weighted by atomic mass is 9.96. The van der Waals surface area contributed by atoms with Crippen LogP contribution < -0.4 is 5.32 Å². The third-order valence-corrected chi connectivity index (χ3v) is 4.00. The fraction of sp³-hybridized carbons (Fsp3) is 0.529. The molecule has 2 rings (SSSR count). The van der Waals surface area contributed by atoms with Crippen molar-refractivity contribution in [2.24, 2.45) is 0 Å². The molecule has 0 aromatic heterocycles. The van der Waals surface area contributed by atoms with Gasteiger partial charge >= 0.3 is 0 Å². The van der Waals surface area contributed by atoms with Gasteiger partial charge in [-0.1, -0.05) is 17.7 Å². The van der Waals surface area contributed by atoms with Gasteiger partial charge in [0, 0.05) is 31.6 Å². The number of hydrogen-bond acceptors (Lipinski definition) is 3. The largest absolute Gasteiger partial charge is 0.352 e. The van der Waals surface area contributed by atoms with E-state index >= 15 is 0 Å². The Bertz CT molecular complexity index is 543. The van der Waals surface area contributed by atoms with E-state index < -0.39 is 0 Å². The van der Waals surface area contributed by atoms with E-state index in [1.807, 2.05) is 20.8 Å². The molecule has 0 bridgehead atoms. The molecule has 4 nitrogen and oxygen atoms in total. The summed E-state index contributed by atoms with van der Waals surface area (Å²) in [5.74, 6) is 0.173. The maximum Gasteiger partial charge on any atom is 0.217 e. The Morgan fingerprint density at radius 2 is 1.86 bits per heavy atom. The van der Waals surface area contributed by atoms with Crippen molar-refractivity contribution >= 4 is 11.7 Å². The normalized spacial score (nSPS) is 18.8. The van der Waals surface area contributed by atoms with Gasteiger partial charge in [0.15, 0.2) is 5.78 Å². The number of hydrogen-bond donors (Lipinski definition) is 1. The highest BCUT2D eigenvalue weighted by molar-refractivity contribution is 6.00. The van der Waals surface area contributed by atoms with Gasteiger partial charge in [0.25, 0.3) is 0 Å². The van der Waals surface area contributed by atoms with Crippen LogP contribution in [0.25, 0.3) is 0 Å². The van der Waals surface area contributed by atoms with E-state index in [4.69, 9.17) is 0 Å². The molecule has 1 fully saturated rings. The summed E-state index contributed by atoms with van der Waals surface area (Å²) in [6.07, 6.45) is 0.915. The number of nitrogens with one attached hydrogen (secondary N) is 1. The zero-order valence-electron chi connectivity index (χ0n) is 13.3. The molecule has 4 heteroatoms. The quantitative estimate of drug-likeness (QED) is 0.862. The van der Waals surface area contributed by atoms with Crippen molar-refractivity contribution in [1.29, 1.82) is 0 Å². The highest BCUT2D eigenvalue weighted by atomic mass is 16.1. The summed E-state index contributed by atoms with van der Waals surface area (Å²) < 4.78 is 0. The average molecular weight is 288 g/mol. The second-order valence-corrected chi connectivity index (χ2v) is 6.12. The molecule has 1 heterocycles. The number of aryl methyl sites for hydroxylation is 3. The van der Waals surface area contributed by atoms with Crippen molar-refractivity contribution in [2.45, 2.75) is 40.2 Å². The molecular formula is C17H24N2O2. The number of rotatable bonds is 4. The molecule has 1 unspecified atom stereocenters. The van der Waals surface area contributed by atoms with Crippen molar-refractivity contribution in [3.05, 3.63) is 34.4 Å². The lowest BCUT2D eigenvalue weighted by molar-refractivity contribution is -0.119. The van der Waals surface area contributed by atoms with E-state index in [9.17, 15) is 9.59 Å². The van der Waals surface area contributed by atoms with Crippen LogP contribution in [0.2, 0.25) is 0 Å². The molecule has 1 atom stereocenters. The first-order chi connectivity index (χ1) is 9.86. The van der Waals surface area contributed by atoms with Gasteiger partial charge in [-0.05, 0) is 38.3 Å². The second kappa shape index (κ2) is 6.39. The van der Waals surface area contributed by atoms with Crippen LogP contribution in [0.1, 0.15) is 40.4 Å². The molecule has 1 N–H and O–H groups in total. The predicted molar refractivity (Wildman–Crippen MR) is 83.6 cm³/mol. The minimum atomic E-state index is -0.00148. The van der Waals surface area contributed by atoms with Crippen LogP contribution in [-0.4, -0.2) is 42.3 Å². The van der Waals surface area contributed by atoms with E-state index in [0.717, 1.165) is 36.2 Å². The van der Waals surface area contributed by atoms with Gasteiger partial charge in [-0.15, -0.1) is 0 Å². The minimum Gasteiger partial charge on any atom is -0.352 e. The number of ketones is 1. The van der Waals surface area contributed by atoms with Crippen LogP contribution >= 0.6 is 0 Å². The molecule has 114 valence electrons. The molecule has 21 heavy (non-hydrogen) atoms. The Kier molecular flexibility index (Phi) is 4.78. The monoisotopic (exact) mass is 288 g/mol. The third-order valence-electron chi connectivity index (χ3n) is 4.00. The van der Waals surface area contributed by atoms with E-state index in [0.29, 0.717) is 6.54 Å². The number of carbonyl (C=O) groups is 2. The lowest BCUT2D eigenvalue weighted by Gasteiger charge is -2.17. The number of carbonyl (C=O) groups excluding carboxylic acids is 2. The van der Waals surface area contributed by atoms with Crippen molar-refractivity contribution < 1.29 is 9.59 Å². The van der Waals surface area contributed by atoms with Gasteiger partial charge in [-0.25, -0.2) is 0 Å². The van der Waals surface area contributed by atoms with E-state index in [1.54, 1.807) is 0 Å². The molecule has 0 aliphatic carbocycles. The van der Waals surface area contributed by atoms with Crippen LogP contribution in [0, 0.1) is 20.8 Å². The average Bonchev–Trinajstić information content (AvgIpc) is 2.73. The van der Waals surface area contributed by atoms with Crippen molar-refractivity contribution in [3.8, 4) is 0 Å². The number of likely N-dealkylation sites (tertiary alicyclic amines) is 1. The lowest BCUT2D eigenvalue weighted by Crippen LogP contribution is -2.37. The third kappa shape index (κ3) is 3.91. The summed E-state index contributed by atoms with van der Waals surface area (Å²) in [5, 5.41) is 2.92. The Morgan fingerprint density at radius 1 is 1.24 bits per heavy atom. The van der Waals surface area contributed by atoms with E-state index in [1.165, 1.54) is 12.5 Å². The molecule has 1 amide bonds. The first-order valence-electron chi connectivity index (χ1n) is 7.47. The zero-order chi connectivity index (χ0) is 15.6. The summed E-state index contributed by atoms with van der Waals surface area (Å²) in [5.41, 5.74) is 4.14. The summed E-state index contributed by atoms with van der Waals surface area (Å²) in [4.78, 5) is 25.8. The molecule has 0 spiro atoms. The van der Waals surface area contributed by atoms with Crippen LogP contribution in [0.4, 0.5) is 0 Å². The van der Waals surface area contributed by atoms with Crippen LogP contribution in [0.3, 0.4) is 0 Å². The van der Waals surface area contributed by atoms with Gasteiger partial charge in [-0.2, -0.15) is 0 Å². The minimum absolute atomic E-state index is 0.00148. The first kappa shape index (κ1) is 15.7. The van der Waals surface area contributed by atoms with Crippen molar-refractivity contribution in [1.82, 2.24) is 10.2 Å². The fourth-order valence-electron chi connectivity index (χ4n) is 3.28. The second-order valence-electron chi connectivity index (χ2n) is 6.12. The topological polar surface area (TPSA) is 49.4 Å². The van der Waals surface area contributed by atoms with Gasteiger partial charge in [-0.3, -0.25) is 14.5 Å². The van der Waals surface area contributed by atoms with E-state index in [-0.39, 0.29) is 17.7 Å².